The molecule has 0 saturated heterocycles. The third-order valence-corrected chi connectivity index (χ3v) is 2.91. The third-order valence-electron chi connectivity index (χ3n) is 2.91. The maximum Gasteiger partial charge on any atom is 0.252 e. The van der Waals surface area contributed by atoms with Gasteiger partial charge >= 0.3 is 0 Å². The summed E-state index contributed by atoms with van der Waals surface area (Å²) < 4.78 is 0. The Morgan fingerprint density at radius 1 is 1.00 bits per heavy atom. The SMILES string of the molecule is Cl.Cl.O=C(NCCCNCc1ccccc1)c1cccnc1. The second-order valence-corrected chi connectivity index (χ2v) is 4.51. The predicted molar refractivity (Wildman–Crippen MR) is 93.8 cm³/mol. The molecule has 22 heavy (non-hydrogen) atoms. The second-order valence-electron chi connectivity index (χ2n) is 4.51. The molecule has 2 N–H and O–H groups in total. The lowest BCUT2D eigenvalue weighted by molar-refractivity contribution is 0.0953. The molecule has 0 atom stereocenters. The summed E-state index contributed by atoms with van der Waals surface area (Å²) in [7, 11) is 0. The molecular weight excluding hydrogens is 321 g/mol. The van der Waals surface area contributed by atoms with Crippen molar-refractivity contribution in [2.45, 2.75) is 13.0 Å². The number of nitrogens with zero attached hydrogens (tertiary/aromatic N) is 1. The van der Waals surface area contributed by atoms with E-state index in [2.05, 4.69) is 27.8 Å². The molecule has 4 nitrogen and oxygen atoms in total. The van der Waals surface area contributed by atoms with Gasteiger partial charge in [0.05, 0.1) is 5.56 Å². The summed E-state index contributed by atoms with van der Waals surface area (Å²) in [4.78, 5) is 15.7. The first kappa shape index (κ1) is 20.4. The zero-order valence-electron chi connectivity index (χ0n) is 12.2. The van der Waals surface area contributed by atoms with Gasteiger partial charge in [-0.1, -0.05) is 30.3 Å². The Hall–Kier alpha value is -1.62. The smallest absolute Gasteiger partial charge is 0.252 e. The van der Waals surface area contributed by atoms with Gasteiger partial charge in [-0.2, -0.15) is 0 Å². The molecule has 1 aromatic carbocycles. The van der Waals surface area contributed by atoms with Gasteiger partial charge in [0.2, 0.25) is 0 Å². The lowest BCUT2D eigenvalue weighted by Crippen LogP contribution is -2.27. The number of nitrogens with one attached hydrogen (secondary N) is 2. The largest absolute Gasteiger partial charge is 0.352 e. The van der Waals surface area contributed by atoms with Crippen LogP contribution in [0, 0.1) is 0 Å². The molecule has 0 aliphatic heterocycles. The average molecular weight is 342 g/mol. The van der Waals surface area contributed by atoms with Crippen LogP contribution in [-0.2, 0) is 6.54 Å². The highest BCUT2D eigenvalue weighted by molar-refractivity contribution is 5.93. The van der Waals surface area contributed by atoms with Crippen LogP contribution in [0.5, 0.6) is 0 Å². The van der Waals surface area contributed by atoms with Crippen molar-refractivity contribution in [3.05, 3.63) is 66.0 Å². The van der Waals surface area contributed by atoms with E-state index in [9.17, 15) is 4.79 Å². The average Bonchev–Trinajstić information content (AvgIpc) is 2.52. The molecule has 0 aliphatic rings. The van der Waals surface area contributed by atoms with Gasteiger partial charge in [0, 0.05) is 25.5 Å². The standard InChI is InChI=1S/C16H19N3O.2ClH/c20-16(15-8-4-9-18-13-15)19-11-5-10-17-12-14-6-2-1-3-7-14;;/h1-4,6-9,13,17H,5,10-12H2,(H,19,20);2*1H. The number of hydrogen-bond acceptors (Lipinski definition) is 3. The first-order chi connectivity index (χ1) is 9.86. The number of amides is 1. The van der Waals surface area contributed by atoms with Crippen LogP contribution >= 0.6 is 24.8 Å². The van der Waals surface area contributed by atoms with E-state index in [0.717, 1.165) is 19.5 Å². The molecule has 2 rings (SSSR count). The number of pyridine rings is 1. The predicted octanol–water partition coefficient (Wildman–Crippen LogP) is 2.83. The molecule has 120 valence electrons. The van der Waals surface area contributed by atoms with Crippen LogP contribution in [0.25, 0.3) is 0 Å². The Bertz CT molecular complexity index is 523. The zero-order chi connectivity index (χ0) is 14.0. The van der Waals surface area contributed by atoms with Crippen molar-refractivity contribution in [2.24, 2.45) is 0 Å². The van der Waals surface area contributed by atoms with Gasteiger partial charge in [0.1, 0.15) is 0 Å². The van der Waals surface area contributed by atoms with Crippen LogP contribution < -0.4 is 10.6 Å². The second kappa shape index (κ2) is 12.0. The molecule has 6 heteroatoms. The fourth-order valence-electron chi connectivity index (χ4n) is 1.84. The minimum atomic E-state index is -0.0684. The molecule has 0 radical (unpaired) electrons. The first-order valence-electron chi connectivity index (χ1n) is 6.79. The number of hydrogen-bond donors (Lipinski definition) is 2. The number of carbonyl (C=O) groups is 1. The van der Waals surface area contributed by atoms with Gasteiger partial charge in [-0.3, -0.25) is 9.78 Å². The monoisotopic (exact) mass is 341 g/mol. The van der Waals surface area contributed by atoms with Crippen molar-refractivity contribution < 1.29 is 4.79 Å². The topological polar surface area (TPSA) is 54.0 Å². The summed E-state index contributed by atoms with van der Waals surface area (Å²) in [6.07, 6.45) is 4.13. The van der Waals surface area contributed by atoms with Crippen molar-refractivity contribution in [2.75, 3.05) is 13.1 Å². The summed E-state index contributed by atoms with van der Waals surface area (Å²) >= 11 is 0. The van der Waals surface area contributed by atoms with E-state index in [0.29, 0.717) is 12.1 Å². The van der Waals surface area contributed by atoms with Gasteiger partial charge in [-0.25, -0.2) is 0 Å². The van der Waals surface area contributed by atoms with E-state index in [1.54, 1.807) is 24.5 Å². The molecule has 1 heterocycles. The number of carbonyl (C=O) groups excluding carboxylic acids is 1. The van der Waals surface area contributed by atoms with Gasteiger partial charge < -0.3 is 10.6 Å². The molecule has 1 amide bonds. The number of aromatic nitrogens is 1. The molecular formula is C16H21Cl2N3O. The van der Waals surface area contributed by atoms with Crippen molar-refractivity contribution in [3.63, 3.8) is 0 Å². The number of benzene rings is 1. The summed E-state index contributed by atoms with van der Waals surface area (Å²) in [5.41, 5.74) is 1.87. The lowest BCUT2D eigenvalue weighted by Gasteiger charge is -2.06. The van der Waals surface area contributed by atoms with Gasteiger partial charge in [0.25, 0.3) is 5.91 Å². The molecule has 0 unspecified atom stereocenters. The van der Waals surface area contributed by atoms with E-state index in [-0.39, 0.29) is 30.7 Å². The highest BCUT2D eigenvalue weighted by Gasteiger charge is 2.03. The zero-order valence-corrected chi connectivity index (χ0v) is 13.8. The van der Waals surface area contributed by atoms with Crippen LogP contribution in [0.2, 0.25) is 0 Å². The van der Waals surface area contributed by atoms with E-state index >= 15 is 0 Å². The van der Waals surface area contributed by atoms with Crippen LogP contribution in [0.15, 0.2) is 54.9 Å². The number of rotatable bonds is 7. The minimum Gasteiger partial charge on any atom is -0.352 e. The van der Waals surface area contributed by atoms with E-state index < -0.39 is 0 Å². The Labute approximate surface area is 143 Å². The Morgan fingerprint density at radius 3 is 2.45 bits per heavy atom. The van der Waals surface area contributed by atoms with E-state index in [1.807, 2.05) is 18.2 Å². The number of halogens is 2. The van der Waals surface area contributed by atoms with Crippen LogP contribution in [0.1, 0.15) is 22.3 Å². The highest BCUT2D eigenvalue weighted by atomic mass is 35.5. The molecule has 2 aromatic rings. The highest BCUT2D eigenvalue weighted by Crippen LogP contribution is 1.97. The fraction of sp³-hybridized carbons (Fsp3) is 0.250. The van der Waals surface area contributed by atoms with Gasteiger partial charge in [-0.15, -0.1) is 24.8 Å². The fourth-order valence-corrected chi connectivity index (χ4v) is 1.84. The molecule has 0 saturated carbocycles. The first-order valence-corrected chi connectivity index (χ1v) is 6.79. The summed E-state index contributed by atoms with van der Waals surface area (Å²) in [6.45, 7) is 2.40. The molecule has 0 bridgehead atoms. The van der Waals surface area contributed by atoms with Crippen LogP contribution in [-0.4, -0.2) is 24.0 Å². The van der Waals surface area contributed by atoms with E-state index in [1.165, 1.54) is 5.56 Å². The van der Waals surface area contributed by atoms with Gasteiger partial charge in [-0.05, 0) is 30.7 Å². The summed E-state index contributed by atoms with van der Waals surface area (Å²) in [6, 6.07) is 13.8. The summed E-state index contributed by atoms with van der Waals surface area (Å²) in [5.74, 6) is -0.0684. The Kier molecular flexibility index (Phi) is 11.1. The molecule has 0 fully saturated rings. The Balaban J connectivity index is 0.00000220. The minimum absolute atomic E-state index is 0. The maximum atomic E-state index is 11.7. The van der Waals surface area contributed by atoms with Gasteiger partial charge in [0.15, 0.2) is 0 Å². The van der Waals surface area contributed by atoms with Crippen molar-refractivity contribution in [3.8, 4) is 0 Å². The van der Waals surface area contributed by atoms with Crippen molar-refractivity contribution >= 4 is 30.7 Å². The van der Waals surface area contributed by atoms with Crippen molar-refractivity contribution in [1.29, 1.82) is 0 Å². The van der Waals surface area contributed by atoms with E-state index in [4.69, 9.17) is 0 Å². The normalized spacial score (nSPS) is 9.27. The van der Waals surface area contributed by atoms with Crippen molar-refractivity contribution in [1.82, 2.24) is 15.6 Å². The molecule has 1 aromatic heterocycles. The lowest BCUT2D eigenvalue weighted by atomic mass is 10.2. The third kappa shape index (κ3) is 7.41. The maximum absolute atomic E-state index is 11.7. The van der Waals surface area contributed by atoms with Crippen LogP contribution in [0.4, 0.5) is 0 Å². The molecule has 0 aliphatic carbocycles. The Morgan fingerprint density at radius 2 is 1.77 bits per heavy atom. The quantitative estimate of drug-likeness (QED) is 0.761. The molecule has 0 spiro atoms. The van der Waals surface area contributed by atoms with Crippen LogP contribution in [0.3, 0.4) is 0 Å². The summed E-state index contributed by atoms with van der Waals surface area (Å²) in [5, 5.41) is 6.23.